The fourth-order valence-corrected chi connectivity index (χ4v) is 2.95. The Morgan fingerprint density at radius 1 is 1.42 bits per heavy atom. The van der Waals surface area contributed by atoms with Crippen molar-refractivity contribution in [2.45, 2.75) is 38.8 Å². The lowest BCUT2D eigenvalue weighted by molar-refractivity contribution is 0.301. The van der Waals surface area contributed by atoms with Crippen LogP contribution in [0.3, 0.4) is 0 Å². The van der Waals surface area contributed by atoms with Crippen LogP contribution in [0.5, 0.6) is 0 Å². The van der Waals surface area contributed by atoms with Crippen LogP contribution in [0.1, 0.15) is 31.7 Å². The summed E-state index contributed by atoms with van der Waals surface area (Å²) in [6.45, 7) is 5.07. The van der Waals surface area contributed by atoms with Crippen molar-refractivity contribution in [1.82, 2.24) is 5.32 Å². The van der Waals surface area contributed by atoms with E-state index in [1.807, 2.05) is 0 Å². The predicted molar refractivity (Wildman–Crippen MR) is 83.6 cm³/mol. The highest BCUT2D eigenvalue weighted by molar-refractivity contribution is 9.10. The summed E-state index contributed by atoms with van der Waals surface area (Å²) in [6.07, 6.45) is 3.64. The number of rotatable bonds is 8. The lowest BCUT2D eigenvalue weighted by Crippen LogP contribution is -2.29. The number of aliphatic hydroxyl groups excluding tert-OH is 1. The predicted octanol–water partition coefficient (Wildman–Crippen LogP) is 2.91. The van der Waals surface area contributed by atoms with E-state index < -0.39 is 0 Å². The number of hydrogen-bond donors (Lipinski definition) is 2. The fourth-order valence-electron chi connectivity index (χ4n) is 2.30. The summed E-state index contributed by atoms with van der Waals surface area (Å²) in [5.74, 6) is 0. The minimum atomic E-state index is 0.211. The van der Waals surface area contributed by atoms with E-state index in [1.54, 1.807) is 0 Å². The van der Waals surface area contributed by atoms with E-state index in [9.17, 15) is 5.11 Å². The molecule has 0 aliphatic heterocycles. The zero-order chi connectivity index (χ0) is 13.7. The van der Waals surface area contributed by atoms with Gasteiger partial charge in [0.2, 0.25) is 0 Å². The topological polar surface area (TPSA) is 35.5 Å². The Bertz CT molecular complexity index is 407. The normalized spacial score (nSPS) is 14.7. The zero-order valence-corrected chi connectivity index (χ0v) is 13.1. The van der Waals surface area contributed by atoms with Gasteiger partial charge >= 0.3 is 0 Å². The molecule has 2 N–H and O–H groups in total. The highest BCUT2D eigenvalue weighted by Crippen LogP contribution is 2.35. The molecular formula is C15H23BrN2O. The van der Waals surface area contributed by atoms with Crippen LogP contribution in [0, 0.1) is 0 Å². The quantitative estimate of drug-likeness (QED) is 0.721. The summed E-state index contributed by atoms with van der Waals surface area (Å²) in [7, 11) is 0. The van der Waals surface area contributed by atoms with Crippen LogP contribution >= 0.6 is 15.9 Å². The number of nitrogens with zero attached hydrogens (tertiary/aromatic N) is 1. The highest BCUT2D eigenvalue weighted by Gasteiger charge is 2.29. The summed E-state index contributed by atoms with van der Waals surface area (Å²) in [6, 6.07) is 7.15. The first kappa shape index (κ1) is 14.8. The van der Waals surface area contributed by atoms with E-state index in [4.69, 9.17) is 0 Å². The molecule has 0 amide bonds. The third-order valence-corrected chi connectivity index (χ3v) is 4.04. The second-order valence-electron chi connectivity index (χ2n) is 5.11. The van der Waals surface area contributed by atoms with Crippen molar-refractivity contribution in [3.8, 4) is 0 Å². The monoisotopic (exact) mass is 326 g/mol. The minimum Gasteiger partial charge on any atom is -0.395 e. The van der Waals surface area contributed by atoms with Crippen molar-refractivity contribution in [2.24, 2.45) is 0 Å². The Morgan fingerprint density at radius 3 is 2.79 bits per heavy atom. The SMILES string of the molecule is CCCNCc1ccc(N(CCO)C2CC2)c(Br)c1. The summed E-state index contributed by atoms with van der Waals surface area (Å²) in [4.78, 5) is 2.31. The maximum absolute atomic E-state index is 9.20. The smallest absolute Gasteiger partial charge is 0.0606 e. The molecule has 0 spiro atoms. The van der Waals surface area contributed by atoms with Crippen molar-refractivity contribution in [2.75, 3.05) is 24.6 Å². The van der Waals surface area contributed by atoms with Crippen LogP contribution in [0.25, 0.3) is 0 Å². The van der Waals surface area contributed by atoms with E-state index in [-0.39, 0.29) is 6.61 Å². The van der Waals surface area contributed by atoms with Crippen molar-refractivity contribution >= 4 is 21.6 Å². The van der Waals surface area contributed by atoms with E-state index in [1.165, 1.54) is 24.1 Å². The van der Waals surface area contributed by atoms with Gasteiger partial charge in [0.25, 0.3) is 0 Å². The number of anilines is 1. The lowest BCUT2D eigenvalue weighted by atomic mass is 10.2. The molecule has 1 saturated carbocycles. The second-order valence-corrected chi connectivity index (χ2v) is 5.97. The first-order valence-corrected chi connectivity index (χ1v) is 7.92. The zero-order valence-electron chi connectivity index (χ0n) is 11.5. The summed E-state index contributed by atoms with van der Waals surface area (Å²) in [5.41, 5.74) is 2.50. The van der Waals surface area contributed by atoms with Crippen LogP contribution in [0.15, 0.2) is 22.7 Å². The number of aliphatic hydroxyl groups is 1. The third-order valence-electron chi connectivity index (χ3n) is 3.41. The molecule has 0 unspecified atom stereocenters. The number of hydrogen-bond acceptors (Lipinski definition) is 3. The van der Waals surface area contributed by atoms with Gasteiger partial charge in [-0.15, -0.1) is 0 Å². The second kappa shape index (κ2) is 7.27. The molecule has 4 heteroatoms. The van der Waals surface area contributed by atoms with Crippen LogP contribution in [-0.2, 0) is 6.54 Å². The largest absolute Gasteiger partial charge is 0.395 e. The molecule has 19 heavy (non-hydrogen) atoms. The van der Waals surface area contributed by atoms with Crippen molar-refractivity contribution in [3.63, 3.8) is 0 Å². The first-order chi connectivity index (χ1) is 9.26. The molecule has 1 aromatic rings. The molecule has 0 heterocycles. The molecule has 106 valence electrons. The molecule has 0 saturated heterocycles. The minimum absolute atomic E-state index is 0.211. The molecule has 0 aromatic heterocycles. The van der Waals surface area contributed by atoms with Gasteiger partial charge in [0.15, 0.2) is 0 Å². The van der Waals surface area contributed by atoms with E-state index in [0.717, 1.165) is 30.5 Å². The van der Waals surface area contributed by atoms with Crippen molar-refractivity contribution < 1.29 is 5.11 Å². The molecule has 1 aliphatic rings. The van der Waals surface area contributed by atoms with Gasteiger partial charge in [-0.3, -0.25) is 0 Å². The maximum atomic E-state index is 9.20. The van der Waals surface area contributed by atoms with Crippen LogP contribution in [0.2, 0.25) is 0 Å². The third kappa shape index (κ3) is 4.20. The average molecular weight is 327 g/mol. The Balaban J connectivity index is 2.04. The molecule has 0 atom stereocenters. The van der Waals surface area contributed by atoms with E-state index >= 15 is 0 Å². The van der Waals surface area contributed by atoms with Gasteiger partial charge < -0.3 is 15.3 Å². The first-order valence-electron chi connectivity index (χ1n) is 7.13. The van der Waals surface area contributed by atoms with Crippen LogP contribution < -0.4 is 10.2 Å². The molecular weight excluding hydrogens is 304 g/mol. The van der Waals surface area contributed by atoms with Crippen molar-refractivity contribution in [3.05, 3.63) is 28.2 Å². The van der Waals surface area contributed by atoms with Crippen LogP contribution in [-0.4, -0.2) is 30.8 Å². The number of halogens is 1. The molecule has 2 rings (SSSR count). The number of nitrogens with one attached hydrogen (secondary N) is 1. The Morgan fingerprint density at radius 2 is 2.21 bits per heavy atom. The molecule has 1 aliphatic carbocycles. The maximum Gasteiger partial charge on any atom is 0.0606 e. The van der Waals surface area contributed by atoms with Crippen molar-refractivity contribution in [1.29, 1.82) is 0 Å². The average Bonchev–Trinajstić information content (AvgIpc) is 3.21. The fraction of sp³-hybridized carbons (Fsp3) is 0.600. The molecule has 0 bridgehead atoms. The van der Waals surface area contributed by atoms with E-state index in [2.05, 4.69) is 51.3 Å². The molecule has 3 nitrogen and oxygen atoms in total. The van der Waals surface area contributed by atoms with Gasteiger partial charge in [-0.25, -0.2) is 0 Å². The Hall–Kier alpha value is -0.580. The van der Waals surface area contributed by atoms with Gasteiger partial charge in [-0.2, -0.15) is 0 Å². The van der Waals surface area contributed by atoms with E-state index in [0.29, 0.717) is 6.04 Å². The molecule has 1 fully saturated rings. The van der Waals surface area contributed by atoms with Gasteiger partial charge in [0.1, 0.15) is 0 Å². The highest BCUT2D eigenvalue weighted by atomic mass is 79.9. The Labute approximate surface area is 124 Å². The van der Waals surface area contributed by atoms with Crippen LogP contribution in [0.4, 0.5) is 5.69 Å². The number of benzene rings is 1. The van der Waals surface area contributed by atoms with Gasteiger partial charge in [-0.1, -0.05) is 13.0 Å². The van der Waals surface area contributed by atoms with Gasteiger partial charge in [0.05, 0.1) is 12.3 Å². The van der Waals surface area contributed by atoms with Gasteiger partial charge in [0, 0.05) is 23.6 Å². The standard InChI is InChI=1S/C15H23BrN2O/c1-2-7-17-11-12-3-6-15(14(16)10-12)18(8-9-19)13-4-5-13/h3,6,10,13,17,19H,2,4-5,7-9,11H2,1H3. The lowest BCUT2D eigenvalue weighted by Gasteiger charge is -2.25. The summed E-state index contributed by atoms with van der Waals surface area (Å²) < 4.78 is 1.13. The Kier molecular flexibility index (Phi) is 5.67. The van der Waals surface area contributed by atoms with Gasteiger partial charge in [-0.05, 0) is 59.4 Å². The summed E-state index contributed by atoms with van der Waals surface area (Å²) in [5, 5.41) is 12.6. The summed E-state index contributed by atoms with van der Waals surface area (Å²) >= 11 is 3.67. The molecule has 0 radical (unpaired) electrons. The molecule has 1 aromatic carbocycles.